The van der Waals surface area contributed by atoms with E-state index in [4.69, 9.17) is 0 Å². The highest BCUT2D eigenvalue weighted by Crippen LogP contribution is 2.28. The summed E-state index contributed by atoms with van der Waals surface area (Å²) in [5.41, 5.74) is 0.653. The molecule has 1 saturated heterocycles. The van der Waals surface area contributed by atoms with E-state index >= 15 is 0 Å². The van der Waals surface area contributed by atoms with Crippen molar-refractivity contribution >= 4 is 21.6 Å². The van der Waals surface area contributed by atoms with Crippen molar-refractivity contribution in [3.8, 4) is 0 Å². The fourth-order valence-corrected chi connectivity index (χ4v) is 6.38. The largest absolute Gasteiger partial charge is 0.324 e. The molecule has 3 rings (SSSR count). The van der Waals surface area contributed by atoms with Crippen LogP contribution in [0.15, 0.2) is 29.2 Å². The van der Waals surface area contributed by atoms with Gasteiger partial charge in [0.05, 0.1) is 17.5 Å². The fraction of sp³-hybridized carbons (Fsp3) is 0.667. The third-order valence-corrected chi connectivity index (χ3v) is 8.44. The Hall–Kier alpha value is -1.44. The number of quaternary nitrogens is 1. The van der Waals surface area contributed by atoms with Crippen LogP contribution in [0.2, 0.25) is 0 Å². The molecule has 2 N–H and O–H groups in total. The molecule has 2 fully saturated rings. The van der Waals surface area contributed by atoms with Crippen LogP contribution in [0.3, 0.4) is 0 Å². The fourth-order valence-electron chi connectivity index (χ4n) is 4.92. The lowest BCUT2D eigenvalue weighted by molar-refractivity contribution is -0.928. The molecule has 0 aromatic heterocycles. The summed E-state index contributed by atoms with van der Waals surface area (Å²) in [6.07, 6.45) is 7.71. The molecule has 1 saturated carbocycles. The molecule has 1 aliphatic heterocycles. The summed E-state index contributed by atoms with van der Waals surface area (Å²) < 4.78 is 26.6. The van der Waals surface area contributed by atoms with Gasteiger partial charge in [0.1, 0.15) is 0 Å². The lowest BCUT2D eigenvalue weighted by Gasteiger charge is -2.40. The minimum atomic E-state index is -3.47. The standard InChI is InChI=1S/C21H33N3O3S/c1-3-24(4-2)28(26,27)19-13-11-18(12-14-19)22-21(25)16-23-15-7-9-17-8-5-6-10-20(17)23/h11-14,17,20H,3-10,15-16H2,1-2H3,(H,22,25)/p+1/t17-,20-/m0/s1. The van der Waals surface area contributed by atoms with E-state index in [0.29, 0.717) is 31.4 Å². The van der Waals surface area contributed by atoms with Gasteiger partial charge < -0.3 is 10.2 Å². The minimum Gasteiger partial charge on any atom is -0.324 e. The second-order valence-corrected chi connectivity index (χ2v) is 9.98. The highest BCUT2D eigenvalue weighted by Gasteiger charge is 2.37. The van der Waals surface area contributed by atoms with Gasteiger partial charge in [-0.05, 0) is 56.4 Å². The normalized spacial score (nSPS) is 25.3. The Morgan fingerprint density at radius 2 is 1.71 bits per heavy atom. The highest BCUT2D eigenvalue weighted by atomic mass is 32.2. The van der Waals surface area contributed by atoms with Crippen LogP contribution in [0.25, 0.3) is 0 Å². The van der Waals surface area contributed by atoms with Crippen LogP contribution in [-0.2, 0) is 14.8 Å². The lowest BCUT2D eigenvalue weighted by atomic mass is 9.78. The summed E-state index contributed by atoms with van der Waals surface area (Å²) in [5.74, 6) is 0.801. The molecule has 0 spiro atoms. The van der Waals surface area contributed by atoms with Crippen LogP contribution in [0.1, 0.15) is 52.4 Å². The number of carbonyl (C=O) groups excluding carboxylic acids is 1. The zero-order valence-electron chi connectivity index (χ0n) is 17.1. The molecule has 6 nitrogen and oxygen atoms in total. The number of piperidine rings is 1. The Bertz CT molecular complexity index is 758. The van der Waals surface area contributed by atoms with E-state index in [-0.39, 0.29) is 10.8 Å². The molecular weight excluding hydrogens is 374 g/mol. The summed E-state index contributed by atoms with van der Waals surface area (Å²) in [6.45, 7) is 6.12. The monoisotopic (exact) mass is 408 g/mol. The predicted octanol–water partition coefficient (Wildman–Crippen LogP) is 1.89. The van der Waals surface area contributed by atoms with E-state index in [1.807, 2.05) is 13.8 Å². The lowest BCUT2D eigenvalue weighted by Crippen LogP contribution is -3.18. The maximum atomic E-state index is 12.6. The van der Waals surface area contributed by atoms with E-state index in [2.05, 4.69) is 5.32 Å². The Balaban J connectivity index is 1.60. The van der Waals surface area contributed by atoms with E-state index in [9.17, 15) is 13.2 Å². The van der Waals surface area contributed by atoms with Crippen molar-refractivity contribution in [2.24, 2.45) is 5.92 Å². The van der Waals surface area contributed by atoms with Gasteiger partial charge >= 0.3 is 0 Å². The quantitative estimate of drug-likeness (QED) is 0.724. The molecule has 0 radical (unpaired) electrons. The number of sulfonamides is 1. The first-order chi connectivity index (χ1) is 13.5. The average Bonchev–Trinajstić information content (AvgIpc) is 2.69. The number of rotatable bonds is 7. The maximum absolute atomic E-state index is 12.6. The number of hydrogen-bond acceptors (Lipinski definition) is 3. The van der Waals surface area contributed by atoms with Gasteiger partial charge in [-0.3, -0.25) is 4.79 Å². The minimum absolute atomic E-state index is 0.0144. The molecule has 1 aliphatic carbocycles. The van der Waals surface area contributed by atoms with E-state index < -0.39 is 10.0 Å². The maximum Gasteiger partial charge on any atom is 0.279 e. The molecule has 1 heterocycles. The van der Waals surface area contributed by atoms with Crippen molar-refractivity contribution in [1.82, 2.24) is 4.31 Å². The molecule has 156 valence electrons. The highest BCUT2D eigenvalue weighted by molar-refractivity contribution is 7.89. The molecule has 1 aromatic carbocycles. The number of benzene rings is 1. The second kappa shape index (κ2) is 9.37. The summed E-state index contributed by atoms with van der Waals surface area (Å²) in [5, 5.41) is 2.95. The van der Waals surface area contributed by atoms with Crippen molar-refractivity contribution < 1.29 is 18.1 Å². The Kier molecular flexibility index (Phi) is 7.12. The number of amides is 1. The first kappa shape index (κ1) is 21.3. The summed E-state index contributed by atoms with van der Waals surface area (Å²) in [6, 6.07) is 7.16. The number of nitrogens with zero attached hydrogens (tertiary/aromatic N) is 1. The molecule has 1 aromatic rings. The van der Waals surface area contributed by atoms with Crippen molar-refractivity contribution in [2.45, 2.75) is 63.3 Å². The van der Waals surface area contributed by atoms with Gasteiger partial charge in [-0.15, -0.1) is 0 Å². The summed E-state index contributed by atoms with van der Waals surface area (Å²) in [4.78, 5) is 14.3. The number of fused-ring (bicyclic) bond motifs is 1. The van der Waals surface area contributed by atoms with Crippen LogP contribution in [-0.4, -0.2) is 50.9 Å². The van der Waals surface area contributed by atoms with Crippen LogP contribution < -0.4 is 10.2 Å². The number of anilines is 1. The van der Waals surface area contributed by atoms with Crippen LogP contribution >= 0.6 is 0 Å². The average molecular weight is 409 g/mol. The number of likely N-dealkylation sites (tertiary alicyclic amines) is 1. The van der Waals surface area contributed by atoms with Gasteiger partial charge in [0.25, 0.3) is 5.91 Å². The molecule has 0 bridgehead atoms. The van der Waals surface area contributed by atoms with Gasteiger partial charge in [0, 0.05) is 24.7 Å². The Labute approximate surface area is 169 Å². The molecular formula is C21H34N3O3S+. The second-order valence-electron chi connectivity index (χ2n) is 8.04. The molecule has 1 unspecified atom stereocenters. The first-order valence-corrected chi connectivity index (χ1v) is 12.1. The van der Waals surface area contributed by atoms with Gasteiger partial charge in [0.2, 0.25) is 10.0 Å². The van der Waals surface area contributed by atoms with Crippen molar-refractivity contribution in [3.63, 3.8) is 0 Å². The van der Waals surface area contributed by atoms with Crippen LogP contribution in [0.4, 0.5) is 5.69 Å². The smallest absolute Gasteiger partial charge is 0.279 e. The molecule has 3 atom stereocenters. The topological polar surface area (TPSA) is 70.9 Å². The van der Waals surface area contributed by atoms with Crippen LogP contribution in [0, 0.1) is 5.92 Å². The van der Waals surface area contributed by atoms with Gasteiger partial charge in [-0.2, -0.15) is 4.31 Å². The summed E-state index contributed by atoms with van der Waals surface area (Å²) in [7, 11) is -3.47. The van der Waals surface area contributed by atoms with E-state index in [0.717, 1.165) is 12.5 Å². The SMILES string of the molecule is CCN(CC)S(=O)(=O)c1ccc(NC(=O)C[NH+]2CCC[C@@H]3CCCC[C@@H]32)cc1. The number of nitrogens with one attached hydrogen (secondary N) is 2. The van der Waals surface area contributed by atoms with Gasteiger partial charge in [0.15, 0.2) is 6.54 Å². The zero-order chi connectivity index (χ0) is 20.1. The third kappa shape index (κ3) is 4.75. The number of carbonyl (C=O) groups is 1. The van der Waals surface area contributed by atoms with Crippen LogP contribution in [0.5, 0.6) is 0 Å². The van der Waals surface area contributed by atoms with Crippen molar-refractivity contribution in [2.75, 3.05) is 31.5 Å². The third-order valence-electron chi connectivity index (χ3n) is 6.38. The molecule has 1 amide bonds. The first-order valence-electron chi connectivity index (χ1n) is 10.7. The van der Waals surface area contributed by atoms with E-state index in [1.165, 1.54) is 47.7 Å². The number of hydrogen-bond donors (Lipinski definition) is 2. The molecule has 7 heteroatoms. The van der Waals surface area contributed by atoms with E-state index in [1.54, 1.807) is 24.3 Å². The molecule has 28 heavy (non-hydrogen) atoms. The predicted molar refractivity (Wildman–Crippen MR) is 111 cm³/mol. The van der Waals surface area contributed by atoms with Gasteiger partial charge in [-0.25, -0.2) is 8.42 Å². The Morgan fingerprint density at radius 1 is 1.07 bits per heavy atom. The summed E-state index contributed by atoms with van der Waals surface area (Å²) >= 11 is 0. The Morgan fingerprint density at radius 3 is 2.39 bits per heavy atom. The van der Waals surface area contributed by atoms with Gasteiger partial charge in [-0.1, -0.05) is 20.3 Å². The molecule has 2 aliphatic rings. The zero-order valence-corrected chi connectivity index (χ0v) is 17.9. The van der Waals surface area contributed by atoms with Crippen molar-refractivity contribution in [3.05, 3.63) is 24.3 Å². The van der Waals surface area contributed by atoms with Crippen molar-refractivity contribution in [1.29, 1.82) is 0 Å².